The van der Waals surface area contributed by atoms with Crippen molar-refractivity contribution in [2.45, 2.75) is 44.6 Å². The number of carbonyl (C=O) groups is 1. The van der Waals surface area contributed by atoms with Crippen molar-refractivity contribution in [2.24, 2.45) is 13.0 Å². The second kappa shape index (κ2) is 10.9. The van der Waals surface area contributed by atoms with Crippen LogP contribution in [0.15, 0.2) is 55.0 Å². The second-order valence-corrected chi connectivity index (χ2v) is 8.71. The summed E-state index contributed by atoms with van der Waals surface area (Å²) in [7, 11) is 1.88. The summed E-state index contributed by atoms with van der Waals surface area (Å²) in [6, 6.07) is 13.3. The molecule has 1 fully saturated rings. The van der Waals surface area contributed by atoms with E-state index >= 15 is 0 Å². The number of aryl methyl sites for hydroxylation is 1. The second-order valence-electron chi connectivity index (χ2n) is 8.71. The third kappa shape index (κ3) is 6.05. The lowest BCUT2D eigenvalue weighted by Gasteiger charge is -2.30. The third-order valence-electron chi connectivity index (χ3n) is 6.32. The first-order valence-electron chi connectivity index (χ1n) is 11.6. The topological polar surface area (TPSA) is 95.6 Å². The minimum Gasteiger partial charge on any atom is -0.309 e. The van der Waals surface area contributed by atoms with E-state index < -0.39 is 0 Å². The highest BCUT2D eigenvalue weighted by Crippen LogP contribution is 2.27. The minimum absolute atomic E-state index is 0.0247. The Hall–Kier alpha value is -3.50. The van der Waals surface area contributed by atoms with Gasteiger partial charge in [-0.05, 0) is 61.6 Å². The van der Waals surface area contributed by atoms with Crippen molar-refractivity contribution in [2.75, 3.05) is 11.9 Å². The number of hydrogen-bond acceptors (Lipinski definition) is 5. The van der Waals surface area contributed by atoms with E-state index in [2.05, 4.69) is 26.8 Å². The number of anilines is 1. The average molecular weight is 443 g/mol. The van der Waals surface area contributed by atoms with Crippen molar-refractivity contribution in [1.29, 1.82) is 5.26 Å². The molecule has 4 rings (SSSR count). The van der Waals surface area contributed by atoms with Crippen LogP contribution in [0.5, 0.6) is 0 Å². The van der Waals surface area contributed by atoms with Crippen LogP contribution in [0.4, 0.5) is 5.82 Å². The summed E-state index contributed by atoms with van der Waals surface area (Å²) in [5, 5.41) is 19.7. The molecule has 1 amide bonds. The summed E-state index contributed by atoms with van der Waals surface area (Å²) in [6.45, 7) is 0.702. The van der Waals surface area contributed by atoms with Crippen LogP contribution < -0.4 is 10.6 Å². The number of pyridine rings is 1. The molecule has 2 N–H and O–H groups in total. The van der Waals surface area contributed by atoms with Gasteiger partial charge in [0.25, 0.3) is 0 Å². The van der Waals surface area contributed by atoms with Crippen LogP contribution in [0.1, 0.15) is 43.2 Å². The SMILES string of the molecule is Cn1cc(-c2ccc(NC(=O)[C@H](NCCc3ccc(C#N)cc3)C3CCCCC3)nc2)cn1. The van der Waals surface area contributed by atoms with E-state index in [0.29, 0.717) is 23.8 Å². The molecule has 0 aliphatic heterocycles. The van der Waals surface area contributed by atoms with Gasteiger partial charge in [0.15, 0.2) is 0 Å². The molecule has 2 aromatic heterocycles. The van der Waals surface area contributed by atoms with Crippen LogP contribution in [-0.4, -0.2) is 33.3 Å². The Morgan fingerprint density at radius 2 is 1.91 bits per heavy atom. The largest absolute Gasteiger partial charge is 0.309 e. The zero-order chi connectivity index (χ0) is 23.0. The summed E-state index contributed by atoms with van der Waals surface area (Å²) in [6.07, 6.45) is 12.0. The Morgan fingerprint density at radius 3 is 2.55 bits per heavy atom. The molecule has 1 saturated carbocycles. The first kappa shape index (κ1) is 22.7. The van der Waals surface area contributed by atoms with Gasteiger partial charge < -0.3 is 10.6 Å². The smallest absolute Gasteiger partial charge is 0.242 e. The van der Waals surface area contributed by atoms with Crippen LogP contribution in [0.25, 0.3) is 11.1 Å². The number of aromatic nitrogens is 3. The van der Waals surface area contributed by atoms with Crippen LogP contribution >= 0.6 is 0 Å². The van der Waals surface area contributed by atoms with E-state index in [1.165, 1.54) is 19.3 Å². The van der Waals surface area contributed by atoms with Crippen molar-refractivity contribution in [3.8, 4) is 17.2 Å². The Kier molecular flexibility index (Phi) is 7.48. The van der Waals surface area contributed by atoms with Crippen molar-refractivity contribution in [3.63, 3.8) is 0 Å². The fourth-order valence-corrected chi connectivity index (χ4v) is 4.47. The lowest BCUT2D eigenvalue weighted by molar-refractivity contribution is -0.119. The fourth-order valence-electron chi connectivity index (χ4n) is 4.47. The molecule has 3 aromatic rings. The van der Waals surface area contributed by atoms with Crippen LogP contribution in [0.3, 0.4) is 0 Å². The standard InChI is InChI=1S/C26H30N6O/c1-32-18-23(17-30-32)22-11-12-24(29-16-22)31-26(33)25(21-5-3-2-4-6-21)28-14-13-19-7-9-20(15-27)10-8-19/h7-12,16-18,21,25,28H,2-6,13-14H2,1H3,(H,29,31,33)/t25-/m1/s1. The average Bonchev–Trinajstić information content (AvgIpc) is 3.29. The highest BCUT2D eigenvalue weighted by Gasteiger charge is 2.29. The number of nitrogens with zero attached hydrogens (tertiary/aromatic N) is 4. The summed E-state index contributed by atoms with van der Waals surface area (Å²) in [4.78, 5) is 17.7. The Labute approximate surface area is 194 Å². The van der Waals surface area contributed by atoms with Crippen molar-refractivity contribution < 1.29 is 4.79 Å². The normalized spacial score (nSPS) is 15.0. The predicted octanol–water partition coefficient (Wildman–Crippen LogP) is 4.07. The quantitative estimate of drug-likeness (QED) is 0.548. The van der Waals surface area contributed by atoms with E-state index in [4.69, 9.17) is 5.26 Å². The van der Waals surface area contributed by atoms with E-state index in [-0.39, 0.29) is 11.9 Å². The number of rotatable bonds is 8. The van der Waals surface area contributed by atoms with Crippen LogP contribution in [0, 0.1) is 17.2 Å². The Bertz CT molecular complexity index is 1090. The summed E-state index contributed by atoms with van der Waals surface area (Å²) >= 11 is 0. The molecular formula is C26H30N6O. The molecule has 7 nitrogen and oxygen atoms in total. The molecule has 170 valence electrons. The number of nitrogens with one attached hydrogen (secondary N) is 2. The van der Waals surface area contributed by atoms with Gasteiger partial charge in [0, 0.05) is 30.6 Å². The lowest BCUT2D eigenvalue weighted by atomic mass is 9.83. The fraction of sp³-hybridized carbons (Fsp3) is 0.385. The van der Waals surface area contributed by atoms with Gasteiger partial charge in [-0.3, -0.25) is 9.48 Å². The zero-order valence-corrected chi connectivity index (χ0v) is 19.0. The van der Waals surface area contributed by atoms with Crippen molar-refractivity contribution >= 4 is 11.7 Å². The lowest BCUT2D eigenvalue weighted by Crippen LogP contribution is -2.47. The van der Waals surface area contributed by atoms with Gasteiger partial charge in [0.1, 0.15) is 5.82 Å². The number of nitriles is 1. The molecule has 0 radical (unpaired) electrons. The van der Waals surface area contributed by atoms with Gasteiger partial charge in [-0.2, -0.15) is 10.4 Å². The van der Waals surface area contributed by atoms with Crippen LogP contribution in [-0.2, 0) is 18.3 Å². The predicted molar refractivity (Wildman–Crippen MR) is 128 cm³/mol. The number of amides is 1. The molecule has 0 saturated heterocycles. The van der Waals surface area contributed by atoms with Crippen molar-refractivity contribution in [3.05, 3.63) is 66.1 Å². The maximum absolute atomic E-state index is 13.2. The number of hydrogen-bond donors (Lipinski definition) is 2. The van der Waals surface area contributed by atoms with Crippen LogP contribution in [0.2, 0.25) is 0 Å². The highest BCUT2D eigenvalue weighted by molar-refractivity contribution is 5.94. The maximum Gasteiger partial charge on any atom is 0.242 e. The number of benzene rings is 1. The monoisotopic (exact) mass is 442 g/mol. The molecule has 0 unspecified atom stereocenters. The molecule has 1 aliphatic rings. The van der Waals surface area contributed by atoms with E-state index in [1.54, 1.807) is 17.1 Å². The summed E-state index contributed by atoms with van der Waals surface area (Å²) < 4.78 is 1.75. The molecule has 7 heteroatoms. The zero-order valence-electron chi connectivity index (χ0n) is 19.0. The summed E-state index contributed by atoms with van der Waals surface area (Å²) in [5.41, 5.74) is 3.77. The molecule has 33 heavy (non-hydrogen) atoms. The van der Waals surface area contributed by atoms with Gasteiger partial charge in [-0.25, -0.2) is 4.98 Å². The molecule has 0 bridgehead atoms. The van der Waals surface area contributed by atoms with Crippen molar-refractivity contribution in [1.82, 2.24) is 20.1 Å². The molecular weight excluding hydrogens is 412 g/mol. The summed E-state index contributed by atoms with van der Waals surface area (Å²) in [5.74, 6) is 0.861. The molecule has 1 aromatic carbocycles. The van der Waals surface area contributed by atoms with Gasteiger partial charge in [0.05, 0.1) is 23.9 Å². The minimum atomic E-state index is -0.247. The third-order valence-corrected chi connectivity index (χ3v) is 6.32. The number of carbonyl (C=O) groups excluding carboxylic acids is 1. The molecule has 0 spiro atoms. The van der Waals surface area contributed by atoms with Gasteiger partial charge >= 0.3 is 0 Å². The molecule has 1 atom stereocenters. The maximum atomic E-state index is 13.2. The van der Waals surface area contributed by atoms with E-state index in [0.717, 1.165) is 36.0 Å². The van der Waals surface area contributed by atoms with E-state index in [9.17, 15) is 4.79 Å². The molecule has 2 heterocycles. The highest BCUT2D eigenvalue weighted by atomic mass is 16.2. The first-order valence-corrected chi connectivity index (χ1v) is 11.6. The van der Waals surface area contributed by atoms with E-state index in [1.807, 2.05) is 49.6 Å². The van der Waals surface area contributed by atoms with Gasteiger partial charge in [0.2, 0.25) is 5.91 Å². The van der Waals surface area contributed by atoms with Gasteiger partial charge in [-0.1, -0.05) is 31.4 Å². The Balaban J connectivity index is 1.39. The molecule has 1 aliphatic carbocycles. The first-order chi connectivity index (χ1) is 16.1. The Morgan fingerprint density at radius 1 is 1.12 bits per heavy atom. The van der Waals surface area contributed by atoms with Gasteiger partial charge in [-0.15, -0.1) is 0 Å².